The van der Waals surface area contributed by atoms with Gasteiger partial charge in [-0.2, -0.15) is 10.4 Å². The van der Waals surface area contributed by atoms with Gasteiger partial charge in [-0.25, -0.2) is 0 Å². The number of rotatable bonds is 2. The largest absolute Gasteiger partial charge is 0.305 e. The van der Waals surface area contributed by atoms with Gasteiger partial charge in [-0.05, 0) is 11.4 Å². The first-order chi connectivity index (χ1) is 7.72. The summed E-state index contributed by atoms with van der Waals surface area (Å²) in [5, 5.41) is 19.5. The molecule has 16 heavy (non-hydrogen) atoms. The lowest BCUT2D eigenvalue weighted by Gasteiger charge is -2.00. The molecule has 0 fully saturated rings. The van der Waals surface area contributed by atoms with Crippen molar-refractivity contribution in [1.29, 1.82) is 5.26 Å². The van der Waals surface area contributed by atoms with E-state index in [1.165, 1.54) is 17.5 Å². The van der Waals surface area contributed by atoms with Gasteiger partial charge in [-0.15, -0.1) is 11.3 Å². The fraction of sp³-hybridized carbons (Fsp3) is 0. The maximum absolute atomic E-state index is 11.7. The molecule has 2 heterocycles. The van der Waals surface area contributed by atoms with Gasteiger partial charge < -0.3 is 5.32 Å². The maximum atomic E-state index is 11.7. The Hall–Kier alpha value is -1.84. The molecule has 80 valence electrons. The highest BCUT2D eigenvalue weighted by Crippen LogP contribution is 2.23. The number of aromatic nitrogens is 2. The van der Waals surface area contributed by atoms with Crippen LogP contribution in [0, 0.1) is 11.3 Å². The van der Waals surface area contributed by atoms with Crippen molar-refractivity contribution in [2.45, 2.75) is 0 Å². The summed E-state index contributed by atoms with van der Waals surface area (Å²) in [5.41, 5.74) is 0.279. The Labute approximate surface area is 99.7 Å². The van der Waals surface area contributed by atoms with Crippen LogP contribution in [0.5, 0.6) is 0 Å². The molecule has 0 aliphatic carbocycles. The molecular formula is C9H5ClN4OS. The van der Waals surface area contributed by atoms with E-state index in [-0.39, 0.29) is 17.3 Å². The number of aromatic amines is 1. The fourth-order valence-electron chi connectivity index (χ4n) is 1.09. The monoisotopic (exact) mass is 252 g/mol. The Bertz CT molecular complexity index is 568. The number of anilines is 1. The normalized spacial score (nSPS) is 9.75. The Kier molecular flexibility index (Phi) is 2.90. The molecule has 7 heteroatoms. The summed E-state index contributed by atoms with van der Waals surface area (Å²) in [4.78, 5) is 12.1. The second-order valence-corrected chi connectivity index (χ2v) is 4.15. The number of thiophene rings is 1. The summed E-state index contributed by atoms with van der Waals surface area (Å²) in [7, 11) is 0. The number of nitrogens with zero attached hydrogens (tertiary/aromatic N) is 2. The van der Waals surface area contributed by atoms with Crippen molar-refractivity contribution < 1.29 is 4.79 Å². The molecule has 0 saturated carbocycles. The molecule has 2 N–H and O–H groups in total. The lowest BCUT2D eigenvalue weighted by molar-refractivity contribution is 0.103. The summed E-state index contributed by atoms with van der Waals surface area (Å²) in [5.74, 6) is -0.0854. The van der Waals surface area contributed by atoms with Crippen LogP contribution in [-0.4, -0.2) is 16.1 Å². The van der Waals surface area contributed by atoms with Crippen molar-refractivity contribution in [2.75, 3.05) is 5.32 Å². The van der Waals surface area contributed by atoms with E-state index < -0.39 is 0 Å². The Morgan fingerprint density at radius 2 is 2.50 bits per heavy atom. The maximum Gasteiger partial charge on any atom is 0.268 e. The number of carbonyl (C=O) groups is 1. The van der Waals surface area contributed by atoms with Crippen molar-refractivity contribution in [1.82, 2.24) is 10.2 Å². The van der Waals surface area contributed by atoms with Gasteiger partial charge in [0.05, 0.1) is 11.2 Å². The van der Waals surface area contributed by atoms with Crippen molar-refractivity contribution in [2.24, 2.45) is 0 Å². The van der Waals surface area contributed by atoms with E-state index in [0.717, 1.165) is 0 Å². The molecule has 2 aromatic rings. The van der Waals surface area contributed by atoms with Crippen LogP contribution < -0.4 is 5.32 Å². The van der Waals surface area contributed by atoms with Gasteiger partial charge in [0.25, 0.3) is 5.91 Å². The zero-order valence-electron chi connectivity index (χ0n) is 7.82. The van der Waals surface area contributed by atoms with Crippen LogP contribution in [0.25, 0.3) is 0 Å². The minimum Gasteiger partial charge on any atom is -0.305 e. The van der Waals surface area contributed by atoms with E-state index in [9.17, 15) is 4.79 Å². The Morgan fingerprint density at radius 3 is 3.12 bits per heavy atom. The number of amides is 1. The average Bonchev–Trinajstić information content (AvgIpc) is 2.86. The van der Waals surface area contributed by atoms with Gasteiger partial charge in [-0.3, -0.25) is 9.89 Å². The van der Waals surface area contributed by atoms with Crippen LogP contribution in [-0.2, 0) is 0 Å². The van der Waals surface area contributed by atoms with E-state index in [0.29, 0.717) is 9.90 Å². The first-order valence-electron chi connectivity index (χ1n) is 4.20. The SMILES string of the molecule is N#Cc1cn[nH]c1NC(=O)c1sccc1Cl. The van der Waals surface area contributed by atoms with Gasteiger partial charge in [0.2, 0.25) is 0 Å². The summed E-state index contributed by atoms with van der Waals surface area (Å²) in [6, 6.07) is 3.54. The molecule has 0 spiro atoms. The van der Waals surface area contributed by atoms with Gasteiger partial charge in [-0.1, -0.05) is 11.6 Å². The van der Waals surface area contributed by atoms with E-state index in [2.05, 4.69) is 15.5 Å². The highest BCUT2D eigenvalue weighted by atomic mass is 35.5. The first kappa shape index (κ1) is 10.7. The summed E-state index contributed by atoms with van der Waals surface area (Å²) < 4.78 is 0. The molecule has 1 amide bonds. The number of hydrogen-bond acceptors (Lipinski definition) is 4. The van der Waals surface area contributed by atoms with Crippen LogP contribution in [0.1, 0.15) is 15.2 Å². The Morgan fingerprint density at radius 1 is 1.69 bits per heavy atom. The van der Waals surface area contributed by atoms with Crippen molar-refractivity contribution >= 4 is 34.7 Å². The summed E-state index contributed by atoms with van der Waals surface area (Å²) in [6.45, 7) is 0. The highest BCUT2D eigenvalue weighted by molar-refractivity contribution is 7.12. The first-order valence-corrected chi connectivity index (χ1v) is 5.46. The average molecular weight is 253 g/mol. The molecule has 0 aliphatic heterocycles. The second kappa shape index (κ2) is 4.35. The molecule has 5 nitrogen and oxygen atoms in total. The van der Waals surface area contributed by atoms with E-state index >= 15 is 0 Å². The van der Waals surface area contributed by atoms with Crippen LogP contribution in [0.15, 0.2) is 17.6 Å². The molecule has 2 rings (SSSR count). The summed E-state index contributed by atoms with van der Waals surface area (Å²) in [6.07, 6.45) is 1.34. The molecule has 0 aromatic carbocycles. The minimum absolute atomic E-state index is 0.275. The third kappa shape index (κ3) is 1.91. The number of carbonyl (C=O) groups excluding carboxylic acids is 1. The molecule has 0 unspecified atom stereocenters. The van der Waals surface area contributed by atoms with Gasteiger partial charge in [0.15, 0.2) is 0 Å². The third-order valence-electron chi connectivity index (χ3n) is 1.82. The zero-order chi connectivity index (χ0) is 11.5. The Balaban J connectivity index is 2.21. The molecule has 0 saturated heterocycles. The van der Waals surface area contributed by atoms with E-state index in [1.54, 1.807) is 11.4 Å². The number of nitrogens with one attached hydrogen (secondary N) is 2. The predicted molar refractivity (Wildman–Crippen MR) is 60.6 cm³/mol. The van der Waals surface area contributed by atoms with E-state index in [1.807, 2.05) is 6.07 Å². The highest BCUT2D eigenvalue weighted by Gasteiger charge is 2.14. The standard InChI is InChI=1S/C9H5ClN4OS/c10-6-1-2-16-7(6)9(15)13-8-5(3-11)4-12-14-8/h1-2,4H,(H2,12,13,14,15). The molecular weight excluding hydrogens is 248 g/mol. The molecule has 0 radical (unpaired) electrons. The molecule has 0 atom stereocenters. The molecule has 0 aliphatic rings. The lowest BCUT2D eigenvalue weighted by atomic mass is 10.3. The van der Waals surface area contributed by atoms with Crippen LogP contribution in [0.4, 0.5) is 5.82 Å². The van der Waals surface area contributed by atoms with Crippen molar-refractivity contribution in [3.05, 3.63) is 33.1 Å². The smallest absolute Gasteiger partial charge is 0.268 e. The number of H-pyrrole nitrogens is 1. The van der Waals surface area contributed by atoms with Gasteiger partial charge in [0.1, 0.15) is 22.3 Å². The zero-order valence-corrected chi connectivity index (χ0v) is 9.39. The van der Waals surface area contributed by atoms with Crippen LogP contribution in [0.3, 0.4) is 0 Å². The predicted octanol–water partition coefficient (Wildman–Crippen LogP) is 2.25. The third-order valence-corrected chi connectivity index (χ3v) is 3.16. The fourth-order valence-corrected chi connectivity index (χ4v) is 2.13. The topological polar surface area (TPSA) is 81.6 Å². The van der Waals surface area contributed by atoms with Crippen molar-refractivity contribution in [3.8, 4) is 6.07 Å². The summed E-state index contributed by atoms with van der Waals surface area (Å²) >= 11 is 7.04. The second-order valence-electron chi connectivity index (χ2n) is 2.82. The number of halogens is 1. The quantitative estimate of drug-likeness (QED) is 0.860. The van der Waals surface area contributed by atoms with E-state index in [4.69, 9.17) is 16.9 Å². The molecule has 0 bridgehead atoms. The van der Waals surface area contributed by atoms with Gasteiger partial charge in [0, 0.05) is 0 Å². The van der Waals surface area contributed by atoms with Crippen LogP contribution in [0.2, 0.25) is 5.02 Å². The van der Waals surface area contributed by atoms with Gasteiger partial charge >= 0.3 is 0 Å². The molecule has 2 aromatic heterocycles. The minimum atomic E-state index is -0.360. The number of nitriles is 1. The van der Waals surface area contributed by atoms with Crippen molar-refractivity contribution in [3.63, 3.8) is 0 Å². The van der Waals surface area contributed by atoms with Crippen LogP contribution >= 0.6 is 22.9 Å². The lowest BCUT2D eigenvalue weighted by Crippen LogP contribution is -2.11. The number of hydrogen-bond donors (Lipinski definition) is 2.